The van der Waals surface area contributed by atoms with Crippen LogP contribution in [0.25, 0.3) is 0 Å². The molecule has 2 N–H and O–H groups in total. The zero-order valence-corrected chi connectivity index (χ0v) is 9.52. The zero-order valence-electron chi connectivity index (χ0n) is 9.52. The zero-order chi connectivity index (χ0) is 12.7. The average molecular weight is 240 g/mol. The second-order valence-corrected chi connectivity index (χ2v) is 4.01. The number of carbonyl (C=O) groups excluding carboxylic acids is 1. The molecule has 0 aromatic heterocycles. The first kappa shape index (κ1) is 13.5. The van der Waals surface area contributed by atoms with Gasteiger partial charge in [0.1, 0.15) is 6.04 Å². The first-order valence-electron chi connectivity index (χ1n) is 5.63. The van der Waals surface area contributed by atoms with E-state index in [0.717, 1.165) is 0 Å². The lowest BCUT2D eigenvalue weighted by Crippen LogP contribution is -2.43. The van der Waals surface area contributed by atoms with Crippen LogP contribution in [0, 0.1) is 17.2 Å². The second-order valence-electron chi connectivity index (χ2n) is 4.01. The Morgan fingerprint density at radius 1 is 1.59 bits per heavy atom. The van der Waals surface area contributed by atoms with E-state index in [1.165, 1.54) is 0 Å². The highest BCUT2D eigenvalue weighted by atomic mass is 16.5. The SMILES string of the molecule is N#CCCC[C@H](NC(=O)[C@@H]1CCOC1)C(=O)O. The van der Waals surface area contributed by atoms with Gasteiger partial charge in [0.25, 0.3) is 0 Å². The lowest BCUT2D eigenvalue weighted by molar-refractivity contribution is -0.142. The summed E-state index contributed by atoms with van der Waals surface area (Å²) in [6.07, 6.45) is 1.68. The highest BCUT2D eigenvalue weighted by molar-refractivity contribution is 5.85. The topological polar surface area (TPSA) is 99.4 Å². The molecule has 1 heterocycles. The number of unbranched alkanes of at least 4 members (excludes halogenated alkanes) is 1. The monoisotopic (exact) mass is 240 g/mol. The van der Waals surface area contributed by atoms with Crippen LogP contribution in [0.15, 0.2) is 0 Å². The third-order valence-corrected chi connectivity index (χ3v) is 2.70. The maximum Gasteiger partial charge on any atom is 0.326 e. The van der Waals surface area contributed by atoms with E-state index in [2.05, 4.69) is 5.32 Å². The average Bonchev–Trinajstić information content (AvgIpc) is 2.81. The van der Waals surface area contributed by atoms with E-state index in [1.54, 1.807) is 0 Å². The molecular weight excluding hydrogens is 224 g/mol. The maximum absolute atomic E-state index is 11.7. The highest BCUT2D eigenvalue weighted by Gasteiger charge is 2.27. The Balaban J connectivity index is 2.40. The fraction of sp³-hybridized carbons (Fsp3) is 0.727. The van der Waals surface area contributed by atoms with Crippen LogP contribution in [0.2, 0.25) is 0 Å². The summed E-state index contributed by atoms with van der Waals surface area (Å²) in [5, 5.41) is 19.8. The van der Waals surface area contributed by atoms with Gasteiger partial charge in [0.2, 0.25) is 5.91 Å². The lowest BCUT2D eigenvalue weighted by Gasteiger charge is -2.16. The smallest absolute Gasteiger partial charge is 0.326 e. The molecule has 1 aliphatic rings. The van der Waals surface area contributed by atoms with Crippen LogP contribution in [0.1, 0.15) is 25.7 Å². The predicted molar refractivity (Wildman–Crippen MR) is 58.0 cm³/mol. The Morgan fingerprint density at radius 2 is 2.35 bits per heavy atom. The van der Waals surface area contributed by atoms with E-state index in [1.807, 2.05) is 6.07 Å². The fourth-order valence-corrected chi connectivity index (χ4v) is 1.67. The van der Waals surface area contributed by atoms with Gasteiger partial charge in [-0.05, 0) is 19.3 Å². The Kier molecular flexibility index (Phi) is 5.43. The molecule has 6 heteroatoms. The van der Waals surface area contributed by atoms with E-state index in [9.17, 15) is 9.59 Å². The van der Waals surface area contributed by atoms with Crippen molar-refractivity contribution in [1.29, 1.82) is 5.26 Å². The van der Waals surface area contributed by atoms with E-state index in [4.69, 9.17) is 15.1 Å². The summed E-state index contributed by atoms with van der Waals surface area (Å²) in [5.41, 5.74) is 0. The number of aliphatic carboxylic acids is 1. The molecule has 0 aliphatic carbocycles. The summed E-state index contributed by atoms with van der Waals surface area (Å²) in [7, 11) is 0. The van der Waals surface area contributed by atoms with Gasteiger partial charge in [0.15, 0.2) is 0 Å². The molecule has 94 valence electrons. The van der Waals surface area contributed by atoms with Gasteiger partial charge in [-0.2, -0.15) is 5.26 Å². The maximum atomic E-state index is 11.7. The van der Waals surface area contributed by atoms with Gasteiger partial charge in [-0.15, -0.1) is 0 Å². The Bertz CT molecular complexity index is 318. The number of amides is 1. The Hall–Kier alpha value is -1.61. The molecule has 1 fully saturated rings. The molecule has 17 heavy (non-hydrogen) atoms. The van der Waals surface area contributed by atoms with Crippen LogP contribution in [0.3, 0.4) is 0 Å². The Morgan fingerprint density at radius 3 is 2.88 bits per heavy atom. The van der Waals surface area contributed by atoms with Gasteiger partial charge in [-0.3, -0.25) is 4.79 Å². The first-order chi connectivity index (χ1) is 8.15. The molecule has 1 rings (SSSR count). The predicted octanol–water partition coefficient (Wildman–Crippen LogP) is 0.286. The largest absolute Gasteiger partial charge is 0.480 e. The number of nitriles is 1. The molecule has 0 unspecified atom stereocenters. The van der Waals surface area contributed by atoms with Crippen LogP contribution >= 0.6 is 0 Å². The van der Waals surface area contributed by atoms with Crippen molar-refractivity contribution in [2.75, 3.05) is 13.2 Å². The van der Waals surface area contributed by atoms with Crippen molar-refractivity contribution in [2.45, 2.75) is 31.7 Å². The van der Waals surface area contributed by atoms with Crippen molar-refractivity contribution >= 4 is 11.9 Å². The van der Waals surface area contributed by atoms with E-state index >= 15 is 0 Å². The molecule has 6 nitrogen and oxygen atoms in total. The van der Waals surface area contributed by atoms with E-state index in [0.29, 0.717) is 32.5 Å². The molecule has 0 saturated carbocycles. The fourth-order valence-electron chi connectivity index (χ4n) is 1.67. The third-order valence-electron chi connectivity index (χ3n) is 2.70. The molecule has 0 spiro atoms. The molecule has 1 aliphatic heterocycles. The molecule has 0 bridgehead atoms. The van der Waals surface area contributed by atoms with Gasteiger partial charge in [-0.1, -0.05) is 0 Å². The van der Waals surface area contributed by atoms with Crippen LogP contribution < -0.4 is 5.32 Å². The van der Waals surface area contributed by atoms with Gasteiger partial charge in [-0.25, -0.2) is 4.79 Å². The quantitative estimate of drug-likeness (QED) is 0.650. The van der Waals surface area contributed by atoms with Crippen molar-refractivity contribution in [3.05, 3.63) is 0 Å². The van der Waals surface area contributed by atoms with Crippen molar-refractivity contribution < 1.29 is 19.4 Å². The van der Waals surface area contributed by atoms with Gasteiger partial charge in [0, 0.05) is 13.0 Å². The van der Waals surface area contributed by atoms with E-state index in [-0.39, 0.29) is 18.2 Å². The van der Waals surface area contributed by atoms with Crippen molar-refractivity contribution in [1.82, 2.24) is 5.32 Å². The summed E-state index contributed by atoms with van der Waals surface area (Å²) >= 11 is 0. The number of nitrogens with one attached hydrogen (secondary N) is 1. The van der Waals surface area contributed by atoms with Gasteiger partial charge < -0.3 is 15.2 Å². The summed E-state index contributed by atoms with van der Waals surface area (Å²) in [6, 6.07) is 1.04. The molecule has 0 aromatic carbocycles. The first-order valence-corrected chi connectivity index (χ1v) is 5.63. The normalized spacial score (nSPS) is 20.5. The number of ether oxygens (including phenoxy) is 1. The number of hydrogen-bond donors (Lipinski definition) is 2. The number of carboxylic acids is 1. The second kappa shape index (κ2) is 6.86. The van der Waals surface area contributed by atoms with E-state index < -0.39 is 12.0 Å². The van der Waals surface area contributed by atoms with Crippen LogP contribution in [-0.4, -0.2) is 36.2 Å². The molecule has 1 saturated heterocycles. The standard InChI is InChI=1S/C11H16N2O4/c12-5-2-1-3-9(11(15)16)13-10(14)8-4-6-17-7-8/h8-9H,1-4,6-7H2,(H,13,14)(H,15,16)/t8-,9+/m1/s1. The molecule has 1 amide bonds. The number of nitrogens with zero attached hydrogens (tertiary/aromatic N) is 1. The minimum atomic E-state index is -1.06. The van der Waals surface area contributed by atoms with Crippen molar-refractivity contribution in [3.63, 3.8) is 0 Å². The molecular formula is C11H16N2O4. The summed E-state index contributed by atoms with van der Waals surface area (Å²) in [6.45, 7) is 0.903. The molecule has 0 aromatic rings. The summed E-state index contributed by atoms with van der Waals surface area (Å²) in [4.78, 5) is 22.6. The van der Waals surface area contributed by atoms with Gasteiger partial charge in [0.05, 0.1) is 18.6 Å². The molecule has 2 atom stereocenters. The number of hydrogen-bond acceptors (Lipinski definition) is 4. The highest BCUT2D eigenvalue weighted by Crippen LogP contribution is 2.13. The minimum Gasteiger partial charge on any atom is -0.480 e. The lowest BCUT2D eigenvalue weighted by atomic mass is 10.1. The minimum absolute atomic E-state index is 0.243. The van der Waals surface area contributed by atoms with Crippen LogP contribution in [0.5, 0.6) is 0 Å². The number of carboxylic acid groups (broad SMARTS) is 1. The third kappa shape index (κ3) is 4.41. The van der Waals surface area contributed by atoms with Crippen molar-refractivity contribution in [3.8, 4) is 6.07 Å². The van der Waals surface area contributed by atoms with Crippen LogP contribution in [-0.2, 0) is 14.3 Å². The van der Waals surface area contributed by atoms with Crippen molar-refractivity contribution in [2.24, 2.45) is 5.92 Å². The Labute approximate surface area is 99.6 Å². The number of rotatable bonds is 6. The summed E-state index contributed by atoms with van der Waals surface area (Å²) < 4.78 is 5.07. The molecule has 0 radical (unpaired) electrons. The number of carbonyl (C=O) groups is 2. The van der Waals surface area contributed by atoms with Crippen LogP contribution in [0.4, 0.5) is 0 Å². The summed E-state index contributed by atoms with van der Waals surface area (Å²) in [5.74, 6) is -1.57. The van der Waals surface area contributed by atoms with Gasteiger partial charge >= 0.3 is 5.97 Å².